The van der Waals surface area contributed by atoms with Crippen molar-refractivity contribution in [1.82, 2.24) is 0 Å². The van der Waals surface area contributed by atoms with E-state index in [2.05, 4.69) is 5.32 Å². The van der Waals surface area contributed by atoms with E-state index in [9.17, 15) is 14.0 Å². The summed E-state index contributed by atoms with van der Waals surface area (Å²) < 4.78 is 25.2. The first kappa shape index (κ1) is 22.6. The van der Waals surface area contributed by atoms with E-state index >= 15 is 0 Å². The Morgan fingerprint density at radius 1 is 1.18 bits per heavy atom. The first-order valence-corrected chi connectivity index (χ1v) is 10.8. The first-order valence-electron chi connectivity index (χ1n) is 10.5. The van der Waals surface area contributed by atoms with Crippen molar-refractivity contribution in [3.05, 3.63) is 82.6 Å². The van der Waals surface area contributed by atoms with Gasteiger partial charge in [-0.25, -0.2) is 4.39 Å². The van der Waals surface area contributed by atoms with Crippen molar-refractivity contribution in [2.45, 2.75) is 19.9 Å². The molecular weight excluding hydrogens is 447 g/mol. The van der Waals surface area contributed by atoms with Crippen LogP contribution >= 0.6 is 11.6 Å². The number of carbonyl (C=O) groups excluding carboxylic acids is 2. The SMILES string of the molecule is CCOc1ccc(CC(=O)Nc2ccc3c(c2)N(Cc2c(F)cccc2Cl)C(=O)CO3)cc1. The van der Waals surface area contributed by atoms with Gasteiger partial charge in [0, 0.05) is 16.3 Å². The van der Waals surface area contributed by atoms with Crippen LogP contribution in [0.25, 0.3) is 0 Å². The lowest BCUT2D eigenvalue weighted by Crippen LogP contribution is -2.38. The summed E-state index contributed by atoms with van der Waals surface area (Å²) >= 11 is 6.15. The third kappa shape index (κ3) is 5.26. The number of nitrogens with zero attached hydrogens (tertiary/aromatic N) is 1. The number of anilines is 2. The second kappa shape index (κ2) is 9.92. The molecule has 1 heterocycles. The van der Waals surface area contributed by atoms with Gasteiger partial charge in [-0.2, -0.15) is 0 Å². The molecule has 4 rings (SSSR count). The van der Waals surface area contributed by atoms with Gasteiger partial charge in [-0.1, -0.05) is 29.8 Å². The van der Waals surface area contributed by atoms with Crippen molar-refractivity contribution in [3.8, 4) is 11.5 Å². The van der Waals surface area contributed by atoms with E-state index in [1.165, 1.54) is 17.0 Å². The summed E-state index contributed by atoms with van der Waals surface area (Å²) in [4.78, 5) is 26.5. The van der Waals surface area contributed by atoms with E-state index in [0.717, 1.165) is 11.3 Å². The third-order valence-corrected chi connectivity index (χ3v) is 5.52. The Morgan fingerprint density at radius 2 is 1.97 bits per heavy atom. The zero-order valence-corrected chi connectivity index (χ0v) is 18.7. The molecular formula is C25H22ClFN2O4. The number of nitrogens with one attached hydrogen (secondary N) is 1. The van der Waals surface area contributed by atoms with Crippen molar-refractivity contribution >= 4 is 34.8 Å². The van der Waals surface area contributed by atoms with Crippen molar-refractivity contribution in [2.75, 3.05) is 23.4 Å². The number of ether oxygens (including phenoxy) is 2. The van der Waals surface area contributed by atoms with Crippen LogP contribution in [0, 0.1) is 5.82 Å². The monoisotopic (exact) mass is 468 g/mol. The normalized spacial score (nSPS) is 12.7. The topological polar surface area (TPSA) is 67.9 Å². The third-order valence-electron chi connectivity index (χ3n) is 5.16. The van der Waals surface area contributed by atoms with Gasteiger partial charge in [-0.05, 0) is 55.0 Å². The van der Waals surface area contributed by atoms with Crippen LogP contribution in [-0.4, -0.2) is 25.0 Å². The van der Waals surface area contributed by atoms with Crippen LogP contribution in [-0.2, 0) is 22.6 Å². The van der Waals surface area contributed by atoms with Crippen LogP contribution in [0.15, 0.2) is 60.7 Å². The van der Waals surface area contributed by atoms with Crippen molar-refractivity contribution < 1.29 is 23.5 Å². The van der Waals surface area contributed by atoms with E-state index in [1.54, 1.807) is 24.3 Å². The number of fused-ring (bicyclic) bond motifs is 1. The van der Waals surface area contributed by atoms with Gasteiger partial charge in [-0.15, -0.1) is 0 Å². The summed E-state index contributed by atoms with van der Waals surface area (Å²) in [5.74, 6) is 0.163. The van der Waals surface area contributed by atoms with E-state index in [-0.39, 0.29) is 42.0 Å². The molecule has 2 amide bonds. The number of amides is 2. The predicted molar refractivity (Wildman–Crippen MR) is 124 cm³/mol. The molecule has 6 nitrogen and oxygen atoms in total. The second-order valence-electron chi connectivity index (χ2n) is 7.45. The number of rotatable bonds is 7. The maximum atomic E-state index is 14.3. The first-order chi connectivity index (χ1) is 15.9. The van der Waals surface area contributed by atoms with Gasteiger partial charge in [0.1, 0.15) is 17.3 Å². The maximum Gasteiger partial charge on any atom is 0.265 e. The molecule has 0 aliphatic carbocycles. The van der Waals surface area contributed by atoms with Gasteiger partial charge in [-0.3, -0.25) is 9.59 Å². The number of hydrogen-bond acceptors (Lipinski definition) is 4. The highest BCUT2D eigenvalue weighted by Crippen LogP contribution is 2.36. The molecule has 0 saturated carbocycles. The van der Waals surface area contributed by atoms with Gasteiger partial charge in [0.2, 0.25) is 5.91 Å². The molecule has 0 saturated heterocycles. The molecule has 8 heteroatoms. The minimum atomic E-state index is -0.497. The van der Waals surface area contributed by atoms with Crippen molar-refractivity contribution in [2.24, 2.45) is 0 Å². The number of carbonyl (C=O) groups is 2. The Morgan fingerprint density at radius 3 is 2.70 bits per heavy atom. The average molecular weight is 469 g/mol. The number of hydrogen-bond donors (Lipinski definition) is 1. The highest BCUT2D eigenvalue weighted by Gasteiger charge is 2.27. The minimum Gasteiger partial charge on any atom is -0.494 e. The summed E-state index contributed by atoms with van der Waals surface area (Å²) in [6.07, 6.45) is 0.174. The van der Waals surface area contributed by atoms with Crippen LogP contribution in [0.3, 0.4) is 0 Å². The summed E-state index contributed by atoms with van der Waals surface area (Å²) in [5, 5.41) is 3.07. The smallest absolute Gasteiger partial charge is 0.265 e. The van der Waals surface area contributed by atoms with Crippen LogP contribution in [0.5, 0.6) is 11.5 Å². The van der Waals surface area contributed by atoms with E-state index in [0.29, 0.717) is 23.7 Å². The summed E-state index contributed by atoms with van der Waals surface area (Å²) in [6, 6.07) is 16.7. The molecule has 0 radical (unpaired) electrons. The summed E-state index contributed by atoms with van der Waals surface area (Å²) in [6.45, 7) is 2.27. The van der Waals surface area contributed by atoms with E-state index in [4.69, 9.17) is 21.1 Å². The van der Waals surface area contributed by atoms with Gasteiger partial charge >= 0.3 is 0 Å². The fourth-order valence-electron chi connectivity index (χ4n) is 3.56. The molecule has 1 N–H and O–H groups in total. The van der Waals surface area contributed by atoms with Gasteiger partial charge in [0.25, 0.3) is 5.91 Å². The highest BCUT2D eigenvalue weighted by atomic mass is 35.5. The largest absolute Gasteiger partial charge is 0.494 e. The quantitative estimate of drug-likeness (QED) is 0.530. The minimum absolute atomic E-state index is 0.0513. The van der Waals surface area contributed by atoms with Crippen LogP contribution in [0.4, 0.5) is 15.8 Å². The molecule has 1 aliphatic heterocycles. The Labute approximate surface area is 195 Å². The lowest BCUT2D eigenvalue weighted by molar-refractivity contribution is -0.121. The average Bonchev–Trinajstić information content (AvgIpc) is 2.79. The second-order valence-corrected chi connectivity index (χ2v) is 7.86. The maximum absolute atomic E-state index is 14.3. The number of halogens is 2. The Hall–Kier alpha value is -3.58. The molecule has 0 unspecified atom stereocenters. The Balaban J connectivity index is 1.51. The zero-order chi connectivity index (χ0) is 23.4. The molecule has 3 aromatic carbocycles. The van der Waals surface area contributed by atoms with Gasteiger partial charge in [0.05, 0.1) is 25.3 Å². The van der Waals surface area contributed by atoms with E-state index < -0.39 is 5.82 Å². The molecule has 0 bridgehead atoms. The molecule has 0 atom stereocenters. The molecule has 0 fully saturated rings. The Kier molecular flexibility index (Phi) is 6.79. The standard InChI is InChI=1S/C25H22ClFN2O4/c1-2-32-18-9-6-16(7-10-18)12-24(30)28-17-8-11-23-22(13-17)29(25(31)15-33-23)14-19-20(26)4-3-5-21(19)27/h3-11,13H,2,12,14-15H2,1H3,(H,28,30). The lowest BCUT2D eigenvalue weighted by atomic mass is 10.1. The molecule has 170 valence electrons. The molecule has 3 aromatic rings. The summed E-state index contributed by atoms with van der Waals surface area (Å²) in [5.41, 5.74) is 1.98. The molecule has 33 heavy (non-hydrogen) atoms. The van der Waals surface area contributed by atoms with E-state index in [1.807, 2.05) is 31.2 Å². The Bertz CT molecular complexity index is 1160. The van der Waals surface area contributed by atoms with Gasteiger partial charge in [0.15, 0.2) is 6.61 Å². The van der Waals surface area contributed by atoms with Crippen LogP contribution in [0.1, 0.15) is 18.1 Å². The zero-order valence-electron chi connectivity index (χ0n) is 17.9. The van der Waals surface area contributed by atoms with Crippen molar-refractivity contribution in [3.63, 3.8) is 0 Å². The van der Waals surface area contributed by atoms with Gasteiger partial charge < -0.3 is 19.7 Å². The van der Waals surface area contributed by atoms with Crippen molar-refractivity contribution in [1.29, 1.82) is 0 Å². The highest BCUT2D eigenvalue weighted by molar-refractivity contribution is 6.31. The fraction of sp³-hybridized carbons (Fsp3) is 0.200. The summed E-state index contributed by atoms with van der Waals surface area (Å²) in [7, 11) is 0. The molecule has 0 aromatic heterocycles. The predicted octanol–water partition coefficient (Wildman–Crippen LogP) is 4.98. The molecule has 0 spiro atoms. The number of benzene rings is 3. The van der Waals surface area contributed by atoms with Crippen LogP contribution in [0.2, 0.25) is 5.02 Å². The fourth-order valence-corrected chi connectivity index (χ4v) is 3.78. The lowest BCUT2D eigenvalue weighted by Gasteiger charge is -2.30. The molecule has 1 aliphatic rings. The van der Waals surface area contributed by atoms with Crippen LogP contribution < -0.4 is 19.7 Å².